The van der Waals surface area contributed by atoms with Crippen LogP contribution in [0, 0.1) is 0 Å². The number of fused-ring (bicyclic) bond motifs is 1. The third kappa shape index (κ3) is 4.75. The van der Waals surface area contributed by atoms with Crippen LogP contribution in [0.2, 0.25) is 0 Å². The summed E-state index contributed by atoms with van der Waals surface area (Å²) in [5, 5.41) is 9.63. The Morgan fingerprint density at radius 3 is 2.57 bits per heavy atom. The van der Waals surface area contributed by atoms with Gasteiger partial charge in [0.1, 0.15) is 18.2 Å². The molecule has 28 heavy (non-hydrogen) atoms. The van der Waals surface area contributed by atoms with Gasteiger partial charge in [-0.15, -0.1) is 0 Å². The monoisotopic (exact) mass is 381 g/mol. The maximum absolute atomic E-state index is 10.6. The summed E-state index contributed by atoms with van der Waals surface area (Å²) in [6, 6.07) is 15.6. The van der Waals surface area contributed by atoms with Gasteiger partial charge in [0.05, 0.1) is 12.6 Å². The highest BCUT2D eigenvalue weighted by Gasteiger charge is 2.13. The fourth-order valence-electron chi connectivity index (χ4n) is 2.84. The van der Waals surface area contributed by atoms with E-state index in [0.29, 0.717) is 18.9 Å². The van der Waals surface area contributed by atoms with Crippen molar-refractivity contribution in [3.8, 4) is 5.75 Å². The molecule has 1 aromatic heterocycles. The lowest BCUT2D eigenvalue weighted by molar-refractivity contribution is -0.137. The van der Waals surface area contributed by atoms with Crippen molar-refractivity contribution in [3.05, 3.63) is 54.4 Å². The normalized spacial score (nSPS) is 10.8. The fourth-order valence-corrected chi connectivity index (χ4v) is 2.84. The molecule has 7 nitrogen and oxygen atoms in total. The number of anilines is 2. The molecule has 0 atom stereocenters. The lowest BCUT2D eigenvalue weighted by Gasteiger charge is -2.21. The highest BCUT2D eigenvalue weighted by atomic mass is 16.5. The van der Waals surface area contributed by atoms with Gasteiger partial charge in [-0.2, -0.15) is 0 Å². The molecule has 0 radical (unpaired) electrons. The number of carboxylic acid groups (broad SMARTS) is 1. The Hall–Kier alpha value is -3.19. The average molecular weight is 381 g/mol. The Labute approximate surface area is 163 Å². The van der Waals surface area contributed by atoms with Crippen molar-refractivity contribution in [2.75, 3.05) is 25.7 Å². The fraction of sp³-hybridized carbons (Fsp3) is 0.286. The summed E-state index contributed by atoms with van der Waals surface area (Å²) >= 11 is 0. The standard InChI is InChI=1S/C21H23N3O4/c1-24(15-9-11-16(27-2)12-10-15)21-17-6-3-4-7-18(17)22-19(23-21)14-28-13-5-8-20(25)26/h3-4,6-7,9-12H,5,8,13-14H2,1-2H3,(H,25,26). The molecule has 7 heteroatoms. The van der Waals surface area contributed by atoms with Gasteiger partial charge in [0, 0.05) is 31.1 Å². The molecule has 146 valence electrons. The number of benzene rings is 2. The van der Waals surface area contributed by atoms with Crippen LogP contribution in [0.4, 0.5) is 11.5 Å². The first kappa shape index (κ1) is 19.6. The third-order valence-corrected chi connectivity index (χ3v) is 4.32. The predicted octanol–water partition coefficient (Wildman–Crippen LogP) is 3.79. The molecule has 2 aromatic carbocycles. The van der Waals surface area contributed by atoms with Crippen LogP contribution >= 0.6 is 0 Å². The third-order valence-electron chi connectivity index (χ3n) is 4.32. The van der Waals surface area contributed by atoms with Crippen LogP contribution in [-0.4, -0.2) is 41.8 Å². The maximum atomic E-state index is 10.6. The zero-order chi connectivity index (χ0) is 19.9. The van der Waals surface area contributed by atoms with Crippen LogP contribution in [0.1, 0.15) is 18.7 Å². The van der Waals surface area contributed by atoms with Gasteiger partial charge < -0.3 is 19.5 Å². The predicted molar refractivity (Wildman–Crippen MR) is 107 cm³/mol. The number of carbonyl (C=O) groups is 1. The maximum Gasteiger partial charge on any atom is 0.303 e. The summed E-state index contributed by atoms with van der Waals surface area (Å²) in [6.45, 7) is 0.583. The second-order valence-corrected chi connectivity index (χ2v) is 6.29. The Morgan fingerprint density at radius 1 is 1.11 bits per heavy atom. The SMILES string of the molecule is COc1ccc(N(C)c2nc(COCCCC(=O)O)nc3ccccc23)cc1. The van der Waals surface area contributed by atoms with Crippen molar-refractivity contribution in [3.63, 3.8) is 0 Å². The molecule has 1 heterocycles. The molecule has 0 saturated heterocycles. The van der Waals surface area contributed by atoms with Crippen molar-refractivity contribution in [1.82, 2.24) is 9.97 Å². The number of methoxy groups -OCH3 is 1. The van der Waals surface area contributed by atoms with E-state index in [1.807, 2.05) is 60.5 Å². The van der Waals surface area contributed by atoms with Crippen molar-refractivity contribution < 1.29 is 19.4 Å². The summed E-state index contributed by atoms with van der Waals surface area (Å²) in [4.78, 5) is 21.8. The van der Waals surface area contributed by atoms with Crippen LogP contribution in [0.3, 0.4) is 0 Å². The first-order valence-electron chi connectivity index (χ1n) is 9.01. The minimum atomic E-state index is -0.825. The number of rotatable bonds is 9. The lowest BCUT2D eigenvalue weighted by atomic mass is 10.2. The molecule has 0 aliphatic heterocycles. The zero-order valence-electron chi connectivity index (χ0n) is 16.0. The molecule has 0 fully saturated rings. The van der Waals surface area contributed by atoms with E-state index >= 15 is 0 Å². The van der Waals surface area contributed by atoms with Crippen molar-refractivity contribution in [2.24, 2.45) is 0 Å². The number of hydrogen-bond acceptors (Lipinski definition) is 6. The lowest BCUT2D eigenvalue weighted by Crippen LogP contribution is -2.14. The molecule has 0 saturated carbocycles. The second kappa shape index (κ2) is 9.14. The summed E-state index contributed by atoms with van der Waals surface area (Å²) in [5.41, 5.74) is 1.80. The van der Waals surface area contributed by atoms with Crippen LogP contribution in [0.15, 0.2) is 48.5 Å². The van der Waals surface area contributed by atoms with Gasteiger partial charge in [-0.25, -0.2) is 9.97 Å². The number of carboxylic acids is 1. The molecule has 0 spiro atoms. The van der Waals surface area contributed by atoms with Gasteiger partial charge in [-0.05, 0) is 42.8 Å². The quantitative estimate of drug-likeness (QED) is 0.565. The number of ether oxygens (including phenoxy) is 2. The van der Waals surface area contributed by atoms with Crippen molar-refractivity contribution >= 4 is 28.4 Å². The topological polar surface area (TPSA) is 84.8 Å². The van der Waals surface area contributed by atoms with E-state index in [1.54, 1.807) is 7.11 Å². The Balaban J connectivity index is 1.84. The van der Waals surface area contributed by atoms with Crippen LogP contribution in [0.5, 0.6) is 5.75 Å². The van der Waals surface area contributed by atoms with Gasteiger partial charge in [0.15, 0.2) is 5.82 Å². The van der Waals surface area contributed by atoms with E-state index in [4.69, 9.17) is 19.6 Å². The number of hydrogen-bond donors (Lipinski definition) is 1. The first-order valence-corrected chi connectivity index (χ1v) is 9.01. The average Bonchev–Trinajstić information content (AvgIpc) is 2.72. The molecular weight excluding hydrogens is 358 g/mol. The van der Waals surface area contributed by atoms with Crippen LogP contribution < -0.4 is 9.64 Å². The summed E-state index contributed by atoms with van der Waals surface area (Å²) < 4.78 is 10.8. The summed E-state index contributed by atoms with van der Waals surface area (Å²) in [7, 11) is 3.59. The molecular formula is C21H23N3O4. The van der Waals surface area contributed by atoms with Gasteiger partial charge in [0.25, 0.3) is 0 Å². The molecule has 0 aliphatic carbocycles. The zero-order valence-corrected chi connectivity index (χ0v) is 16.0. The Kier molecular flexibility index (Phi) is 6.39. The number of aromatic nitrogens is 2. The smallest absolute Gasteiger partial charge is 0.303 e. The molecule has 0 amide bonds. The van der Waals surface area contributed by atoms with Crippen molar-refractivity contribution in [2.45, 2.75) is 19.4 Å². The largest absolute Gasteiger partial charge is 0.497 e. The molecule has 3 rings (SSSR count). The highest BCUT2D eigenvalue weighted by Crippen LogP contribution is 2.29. The Morgan fingerprint density at radius 2 is 1.86 bits per heavy atom. The van der Waals surface area contributed by atoms with E-state index in [1.165, 1.54) is 0 Å². The van der Waals surface area contributed by atoms with Gasteiger partial charge >= 0.3 is 5.97 Å². The van der Waals surface area contributed by atoms with Crippen LogP contribution in [-0.2, 0) is 16.1 Å². The first-order chi connectivity index (χ1) is 13.6. The summed E-state index contributed by atoms with van der Waals surface area (Å²) in [6.07, 6.45) is 0.547. The molecule has 0 bridgehead atoms. The second-order valence-electron chi connectivity index (χ2n) is 6.29. The van der Waals surface area contributed by atoms with E-state index in [0.717, 1.165) is 28.2 Å². The minimum Gasteiger partial charge on any atom is -0.497 e. The Bertz CT molecular complexity index is 944. The molecule has 1 N–H and O–H groups in total. The van der Waals surface area contributed by atoms with E-state index in [9.17, 15) is 4.79 Å². The number of para-hydroxylation sites is 1. The van der Waals surface area contributed by atoms with Gasteiger partial charge in [-0.1, -0.05) is 12.1 Å². The van der Waals surface area contributed by atoms with Gasteiger partial charge in [0.2, 0.25) is 0 Å². The number of aliphatic carboxylic acids is 1. The summed E-state index contributed by atoms with van der Waals surface area (Å²) in [5.74, 6) is 1.30. The highest BCUT2D eigenvalue weighted by molar-refractivity contribution is 5.91. The van der Waals surface area contributed by atoms with E-state index < -0.39 is 5.97 Å². The van der Waals surface area contributed by atoms with E-state index in [2.05, 4.69) is 4.98 Å². The van der Waals surface area contributed by atoms with E-state index in [-0.39, 0.29) is 13.0 Å². The minimum absolute atomic E-state index is 0.0873. The van der Waals surface area contributed by atoms with Gasteiger partial charge in [-0.3, -0.25) is 4.79 Å². The number of nitrogens with zero attached hydrogens (tertiary/aromatic N) is 3. The van der Waals surface area contributed by atoms with Crippen molar-refractivity contribution in [1.29, 1.82) is 0 Å². The molecule has 3 aromatic rings. The van der Waals surface area contributed by atoms with Crippen LogP contribution in [0.25, 0.3) is 10.9 Å². The molecule has 0 unspecified atom stereocenters. The molecule has 0 aliphatic rings.